The summed E-state index contributed by atoms with van der Waals surface area (Å²) >= 11 is 0. The van der Waals surface area contributed by atoms with Gasteiger partial charge in [-0.25, -0.2) is 0 Å². The summed E-state index contributed by atoms with van der Waals surface area (Å²) in [6.07, 6.45) is 1.95. The Balaban J connectivity index is 0.000000172. The molecule has 0 saturated carbocycles. The molecule has 1 aromatic heterocycles. The highest BCUT2D eigenvalue weighted by Crippen LogP contribution is 2.09. The Kier molecular flexibility index (Phi) is 4.75. The fourth-order valence-electron chi connectivity index (χ4n) is 1.20. The highest BCUT2D eigenvalue weighted by Gasteiger charge is 1.94. The minimum absolute atomic E-state index is 0.296. The van der Waals surface area contributed by atoms with E-state index in [4.69, 9.17) is 5.11 Å². The van der Waals surface area contributed by atoms with Crippen molar-refractivity contribution in [1.82, 2.24) is 10.3 Å². The third kappa shape index (κ3) is 4.83. The molecule has 2 aromatic rings. The molecular formula is C12H14N2O3. The summed E-state index contributed by atoms with van der Waals surface area (Å²) in [6.45, 7) is 0.971. The molecule has 5 nitrogen and oxygen atoms in total. The van der Waals surface area contributed by atoms with Gasteiger partial charge < -0.3 is 15.4 Å². The van der Waals surface area contributed by atoms with E-state index in [1.165, 1.54) is 17.8 Å². The van der Waals surface area contributed by atoms with Crippen LogP contribution < -0.4 is 5.32 Å². The second kappa shape index (κ2) is 6.32. The Bertz CT molecular complexity index is 461. The lowest BCUT2D eigenvalue weighted by Crippen LogP contribution is -2.26. The third-order valence-corrected chi connectivity index (χ3v) is 1.95. The van der Waals surface area contributed by atoms with E-state index in [0.717, 1.165) is 0 Å². The van der Waals surface area contributed by atoms with Crippen molar-refractivity contribution < 1.29 is 14.7 Å². The molecule has 0 atom stereocenters. The van der Waals surface area contributed by atoms with E-state index < -0.39 is 5.97 Å². The highest BCUT2D eigenvalue weighted by atomic mass is 16.4. The number of nitrogens with one attached hydrogen (secondary N) is 2. The van der Waals surface area contributed by atoms with Crippen LogP contribution in [0.15, 0.2) is 36.5 Å². The molecule has 2 rings (SSSR count). The van der Waals surface area contributed by atoms with Crippen LogP contribution in [-0.4, -0.2) is 28.5 Å². The molecule has 17 heavy (non-hydrogen) atoms. The summed E-state index contributed by atoms with van der Waals surface area (Å²) in [5, 5.41) is 11.3. The lowest BCUT2D eigenvalue weighted by Gasteiger charge is -1.92. The second-order valence-corrected chi connectivity index (χ2v) is 3.37. The summed E-state index contributed by atoms with van der Waals surface area (Å²) in [5.41, 5.74) is 1.21. The van der Waals surface area contributed by atoms with E-state index in [-0.39, 0.29) is 12.5 Å². The Morgan fingerprint density at radius 3 is 2.53 bits per heavy atom. The zero-order valence-corrected chi connectivity index (χ0v) is 9.43. The van der Waals surface area contributed by atoms with Crippen LogP contribution in [0, 0.1) is 0 Å². The van der Waals surface area contributed by atoms with Gasteiger partial charge in [0.2, 0.25) is 5.91 Å². The molecule has 0 fully saturated rings. The topological polar surface area (TPSA) is 82.2 Å². The van der Waals surface area contributed by atoms with Crippen molar-refractivity contribution in [2.75, 3.05) is 6.54 Å². The van der Waals surface area contributed by atoms with Gasteiger partial charge in [0.25, 0.3) is 0 Å². The van der Waals surface area contributed by atoms with E-state index in [9.17, 15) is 9.59 Å². The largest absolute Gasteiger partial charge is 0.480 e. The number of carbonyl (C=O) groups is 2. The van der Waals surface area contributed by atoms with Gasteiger partial charge >= 0.3 is 5.97 Å². The number of hydrogen-bond acceptors (Lipinski definition) is 2. The smallest absolute Gasteiger partial charge is 0.322 e. The number of rotatable bonds is 2. The number of aromatic amines is 1. The molecule has 1 aromatic carbocycles. The molecule has 0 radical (unpaired) electrons. The number of para-hydroxylation sites is 1. The average molecular weight is 234 g/mol. The van der Waals surface area contributed by atoms with Crippen molar-refractivity contribution in [3.05, 3.63) is 36.5 Å². The van der Waals surface area contributed by atoms with Crippen molar-refractivity contribution in [1.29, 1.82) is 0 Å². The highest BCUT2D eigenvalue weighted by molar-refractivity contribution is 5.79. The van der Waals surface area contributed by atoms with Crippen molar-refractivity contribution in [2.45, 2.75) is 6.92 Å². The molecule has 0 aliphatic heterocycles. The predicted octanol–water partition coefficient (Wildman–Crippen LogP) is 1.37. The maximum Gasteiger partial charge on any atom is 0.322 e. The van der Waals surface area contributed by atoms with Crippen LogP contribution in [0.25, 0.3) is 10.9 Å². The summed E-state index contributed by atoms with van der Waals surface area (Å²) in [5.74, 6) is -1.35. The van der Waals surface area contributed by atoms with Gasteiger partial charge in [-0.15, -0.1) is 0 Å². The zero-order valence-electron chi connectivity index (χ0n) is 9.43. The summed E-state index contributed by atoms with van der Waals surface area (Å²) < 4.78 is 0. The first-order valence-corrected chi connectivity index (χ1v) is 5.08. The molecule has 0 saturated heterocycles. The molecule has 0 spiro atoms. The molecule has 0 bridgehead atoms. The standard InChI is InChI=1S/C8H7N.C4H7NO3/c1-2-4-8-7(3-1)5-6-9-8;1-3(6)5-2-4(7)8/h1-6,9H;2H2,1H3,(H,5,6)(H,7,8). The molecular weight excluding hydrogens is 220 g/mol. The number of fused-ring (bicyclic) bond motifs is 1. The van der Waals surface area contributed by atoms with E-state index in [2.05, 4.69) is 28.5 Å². The van der Waals surface area contributed by atoms with Crippen molar-refractivity contribution in [2.24, 2.45) is 0 Å². The predicted molar refractivity (Wildman–Crippen MR) is 64.6 cm³/mol. The number of carboxylic acid groups (broad SMARTS) is 1. The number of H-pyrrole nitrogens is 1. The number of carbonyl (C=O) groups excluding carboxylic acids is 1. The maximum absolute atomic E-state index is 9.97. The Morgan fingerprint density at radius 1 is 1.29 bits per heavy atom. The van der Waals surface area contributed by atoms with Gasteiger partial charge in [-0.2, -0.15) is 0 Å². The van der Waals surface area contributed by atoms with Gasteiger partial charge in [0.1, 0.15) is 6.54 Å². The first-order chi connectivity index (χ1) is 8.09. The Hall–Kier alpha value is -2.30. The van der Waals surface area contributed by atoms with Gasteiger partial charge in [-0.1, -0.05) is 18.2 Å². The van der Waals surface area contributed by atoms with Crippen LogP contribution >= 0.6 is 0 Å². The molecule has 0 unspecified atom stereocenters. The van der Waals surface area contributed by atoms with Gasteiger partial charge in [0.05, 0.1) is 0 Å². The van der Waals surface area contributed by atoms with E-state index in [1.807, 2.05) is 18.3 Å². The summed E-state index contributed by atoms with van der Waals surface area (Å²) in [7, 11) is 0. The first kappa shape index (κ1) is 12.8. The van der Waals surface area contributed by atoms with Crippen LogP contribution in [0.4, 0.5) is 0 Å². The fourth-order valence-corrected chi connectivity index (χ4v) is 1.20. The number of amides is 1. The van der Waals surface area contributed by atoms with Crippen LogP contribution in [0.3, 0.4) is 0 Å². The second-order valence-electron chi connectivity index (χ2n) is 3.37. The van der Waals surface area contributed by atoms with Crippen LogP contribution in [0.2, 0.25) is 0 Å². The molecule has 0 aliphatic rings. The number of aromatic nitrogens is 1. The number of benzene rings is 1. The minimum Gasteiger partial charge on any atom is -0.480 e. The number of hydrogen-bond donors (Lipinski definition) is 3. The van der Waals surface area contributed by atoms with E-state index in [1.54, 1.807) is 0 Å². The van der Waals surface area contributed by atoms with Crippen molar-refractivity contribution in [3.8, 4) is 0 Å². The van der Waals surface area contributed by atoms with Gasteiger partial charge in [-0.05, 0) is 17.5 Å². The Morgan fingerprint density at radius 2 is 2.00 bits per heavy atom. The van der Waals surface area contributed by atoms with E-state index in [0.29, 0.717) is 0 Å². The zero-order chi connectivity index (χ0) is 12.7. The lowest BCUT2D eigenvalue weighted by atomic mass is 10.3. The van der Waals surface area contributed by atoms with Crippen molar-refractivity contribution in [3.63, 3.8) is 0 Å². The van der Waals surface area contributed by atoms with Gasteiger partial charge in [0.15, 0.2) is 0 Å². The van der Waals surface area contributed by atoms with Crippen LogP contribution in [0.1, 0.15) is 6.92 Å². The van der Waals surface area contributed by atoms with E-state index >= 15 is 0 Å². The molecule has 1 heterocycles. The molecule has 0 aliphatic carbocycles. The number of carboxylic acids is 1. The quantitative estimate of drug-likeness (QED) is 0.734. The number of aliphatic carboxylic acids is 1. The first-order valence-electron chi connectivity index (χ1n) is 5.08. The third-order valence-electron chi connectivity index (χ3n) is 1.95. The van der Waals surface area contributed by atoms with Gasteiger partial charge in [-0.3, -0.25) is 9.59 Å². The maximum atomic E-state index is 9.97. The molecule has 90 valence electrons. The monoisotopic (exact) mass is 234 g/mol. The van der Waals surface area contributed by atoms with Crippen LogP contribution in [0.5, 0.6) is 0 Å². The van der Waals surface area contributed by atoms with Gasteiger partial charge in [0, 0.05) is 18.6 Å². The normalized spacial score (nSPS) is 9.24. The molecule has 3 N–H and O–H groups in total. The lowest BCUT2D eigenvalue weighted by molar-refractivity contribution is -0.137. The molecule has 1 amide bonds. The van der Waals surface area contributed by atoms with Crippen molar-refractivity contribution >= 4 is 22.8 Å². The SMILES string of the molecule is CC(=O)NCC(=O)O.c1ccc2[nH]ccc2c1. The summed E-state index contributed by atoms with van der Waals surface area (Å²) in [4.78, 5) is 22.8. The minimum atomic E-state index is -1.03. The Labute approximate surface area is 98.5 Å². The fraction of sp³-hybridized carbons (Fsp3) is 0.167. The molecule has 5 heteroatoms. The summed E-state index contributed by atoms with van der Waals surface area (Å²) in [6, 6.07) is 10.3. The van der Waals surface area contributed by atoms with Crippen LogP contribution in [-0.2, 0) is 9.59 Å². The average Bonchev–Trinajstić information content (AvgIpc) is 2.75.